The van der Waals surface area contributed by atoms with E-state index in [1.807, 2.05) is 20.8 Å². The molecular formula is C18H29N3O3S. The Morgan fingerprint density at radius 3 is 2.36 bits per heavy atom. The minimum absolute atomic E-state index is 0.0580. The molecule has 1 amide bonds. The van der Waals surface area contributed by atoms with Crippen LogP contribution in [0, 0.1) is 18.8 Å². The molecule has 6 nitrogen and oxygen atoms in total. The van der Waals surface area contributed by atoms with E-state index in [4.69, 9.17) is 5.73 Å². The summed E-state index contributed by atoms with van der Waals surface area (Å²) in [5.41, 5.74) is 6.98. The number of hydrogen-bond acceptors (Lipinski definition) is 4. The fraction of sp³-hybridized carbons (Fsp3) is 0.611. The maximum absolute atomic E-state index is 12.6. The first-order valence-electron chi connectivity index (χ1n) is 8.81. The standard InChI is InChI=1S/C18H29N3O3S/c1-12(2)10-17(18(22)20-11-16(19)14-6-7-14)21-25(23,24)15-8-4-13(3)5-9-15/h4-5,8-9,12,14,16-17,21H,6-7,10-11,19H2,1-3H3,(H,20,22). The van der Waals surface area contributed by atoms with E-state index in [-0.39, 0.29) is 22.8 Å². The van der Waals surface area contributed by atoms with Crippen molar-refractivity contribution in [2.45, 2.75) is 57.0 Å². The number of carbonyl (C=O) groups is 1. The summed E-state index contributed by atoms with van der Waals surface area (Å²) in [4.78, 5) is 12.7. The zero-order valence-electron chi connectivity index (χ0n) is 15.2. The Labute approximate surface area is 150 Å². The lowest BCUT2D eigenvalue weighted by molar-refractivity contribution is -0.123. The van der Waals surface area contributed by atoms with Gasteiger partial charge < -0.3 is 11.1 Å². The van der Waals surface area contributed by atoms with Crippen molar-refractivity contribution in [2.75, 3.05) is 6.54 Å². The van der Waals surface area contributed by atoms with Crippen LogP contribution in [0.4, 0.5) is 0 Å². The lowest BCUT2D eigenvalue weighted by Crippen LogP contribution is -2.50. The molecule has 1 aromatic carbocycles. The first-order valence-corrected chi connectivity index (χ1v) is 10.3. The highest BCUT2D eigenvalue weighted by Crippen LogP contribution is 2.31. The molecule has 1 fully saturated rings. The maximum atomic E-state index is 12.6. The Balaban J connectivity index is 2.04. The van der Waals surface area contributed by atoms with E-state index >= 15 is 0 Å². The first kappa shape index (κ1) is 19.9. The van der Waals surface area contributed by atoms with E-state index in [2.05, 4.69) is 10.0 Å². The van der Waals surface area contributed by atoms with E-state index in [0.717, 1.165) is 18.4 Å². The molecule has 0 aromatic heterocycles. The number of sulfonamides is 1. The van der Waals surface area contributed by atoms with Gasteiger partial charge in [0.25, 0.3) is 0 Å². The van der Waals surface area contributed by atoms with E-state index in [0.29, 0.717) is 18.9 Å². The van der Waals surface area contributed by atoms with Crippen LogP contribution in [-0.2, 0) is 14.8 Å². The van der Waals surface area contributed by atoms with Gasteiger partial charge in [-0.25, -0.2) is 8.42 Å². The molecule has 1 aliphatic rings. The Hall–Kier alpha value is -1.44. The van der Waals surface area contributed by atoms with Crippen molar-refractivity contribution in [1.29, 1.82) is 0 Å². The molecule has 1 aromatic rings. The van der Waals surface area contributed by atoms with Crippen molar-refractivity contribution >= 4 is 15.9 Å². The van der Waals surface area contributed by atoms with E-state index in [9.17, 15) is 13.2 Å². The lowest BCUT2D eigenvalue weighted by atomic mass is 10.0. The highest BCUT2D eigenvalue weighted by molar-refractivity contribution is 7.89. The van der Waals surface area contributed by atoms with Crippen molar-refractivity contribution in [3.8, 4) is 0 Å². The van der Waals surface area contributed by atoms with Gasteiger partial charge in [0.1, 0.15) is 6.04 Å². The number of rotatable bonds is 9. The van der Waals surface area contributed by atoms with Gasteiger partial charge in [-0.05, 0) is 50.2 Å². The summed E-state index contributed by atoms with van der Waals surface area (Å²) in [7, 11) is -3.75. The molecule has 2 atom stereocenters. The van der Waals surface area contributed by atoms with Crippen LogP contribution in [0.1, 0.15) is 38.7 Å². The number of hydrogen-bond donors (Lipinski definition) is 3. The third-order valence-corrected chi connectivity index (χ3v) is 5.88. The number of benzene rings is 1. The quantitative estimate of drug-likeness (QED) is 0.616. The second-order valence-electron chi connectivity index (χ2n) is 7.36. The van der Waals surface area contributed by atoms with Crippen LogP contribution in [0.15, 0.2) is 29.2 Å². The number of aryl methyl sites for hydroxylation is 1. The highest BCUT2D eigenvalue weighted by atomic mass is 32.2. The molecule has 25 heavy (non-hydrogen) atoms. The normalized spacial score (nSPS) is 17.3. The summed E-state index contributed by atoms with van der Waals surface area (Å²) in [6, 6.07) is 5.70. The summed E-state index contributed by atoms with van der Waals surface area (Å²) < 4.78 is 27.7. The van der Waals surface area contributed by atoms with E-state index < -0.39 is 16.1 Å². The summed E-state index contributed by atoms with van der Waals surface area (Å²) >= 11 is 0. The van der Waals surface area contributed by atoms with Crippen LogP contribution in [0.25, 0.3) is 0 Å². The minimum atomic E-state index is -3.75. The van der Waals surface area contributed by atoms with Gasteiger partial charge >= 0.3 is 0 Å². The van der Waals surface area contributed by atoms with Gasteiger partial charge in [0.2, 0.25) is 15.9 Å². The molecule has 2 unspecified atom stereocenters. The molecule has 1 aliphatic carbocycles. The maximum Gasteiger partial charge on any atom is 0.241 e. The van der Waals surface area contributed by atoms with E-state index in [1.165, 1.54) is 0 Å². The number of amides is 1. The fourth-order valence-corrected chi connectivity index (χ4v) is 3.89. The molecule has 0 radical (unpaired) electrons. The van der Waals surface area contributed by atoms with Crippen LogP contribution in [0.3, 0.4) is 0 Å². The van der Waals surface area contributed by atoms with Gasteiger partial charge in [-0.15, -0.1) is 0 Å². The molecule has 2 rings (SSSR count). The van der Waals surface area contributed by atoms with Crippen molar-refractivity contribution in [3.63, 3.8) is 0 Å². The highest BCUT2D eigenvalue weighted by Gasteiger charge is 2.30. The Bertz CT molecular complexity index is 682. The van der Waals surface area contributed by atoms with E-state index in [1.54, 1.807) is 24.3 Å². The summed E-state index contributed by atoms with van der Waals surface area (Å²) in [6.45, 7) is 6.18. The molecule has 0 spiro atoms. The SMILES string of the molecule is Cc1ccc(S(=O)(=O)NC(CC(C)C)C(=O)NCC(N)C2CC2)cc1. The zero-order chi connectivity index (χ0) is 18.6. The minimum Gasteiger partial charge on any atom is -0.353 e. The monoisotopic (exact) mass is 367 g/mol. The predicted molar refractivity (Wildman–Crippen MR) is 98.5 cm³/mol. The topological polar surface area (TPSA) is 101 Å². The average molecular weight is 368 g/mol. The van der Waals surface area contributed by atoms with Crippen LogP contribution < -0.4 is 15.8 Å². The molecule has 0 aliphatic heterocycles. The van der Waals surface area contributed by atoms with Gasteiger partial charge in [0, 0.05) is 12.6 Å². The molecule has 0 bridgehead atoms. The molecule has 7 heteroatoms. The van der Waals surface area contributed by atoms with Crippen LogP contribution in [0.2, 0.25) is 0 Å². The summed E-state index contributed by atoms with van der Waals surface area (Å²) in [6.07, 6.45) is 2.63. The number of nitrogens with one attached hydrogen (secondary N) is 2. The molecule has 4 N–H and O–H groups in total. The Morgan fingerprint density at radius 2 is 1.84 bits per heavy atom. The van der Waals surface area contributed by atoms with Crippen molar-refractivity contribution < 1.29 is 13.2 Å². The molecule has 1 saturated carbocycles. The van der Waals surface area contributed by atoms with Gasteiger partial charge in [-0.1, -0.05) is 31.5 Å². The smallest absolute Gasteiger partial charge is 0.241 e. The van der Waals surface area contributed by atoms with Crippen molar-refractivity contribution in [1.82, 2.24) is 10.0 Å². The molecule has 0 heterocycles. The Morgan fingerprint density at radius 1 is 1.24 bits per heavy atom. The fourth-order valence-electron chi connectivity index (χ4n) is 2.69. The average Bonchev–Trinajstić information content (AvgIpc) is 3.36. The van der Waals surface area contributed by atoms with Gasteiger partial charge in [0.05, 0.1) is 4.90 Å². The van der Waals surface area contributed by atoms with Crippen LogP contribution in [0.5, 0.6) is 0 Å². The molecular weight excluding hydrogens is 338 g/mol. The number of carbonyl (C=O) groups excluding carboxylic acids is 1. The third-order valence-electron chi connectivity index (χ3n) is 4.39. The van der Waals surface area contributed by atoms with Crippen LogP contribution in [-0.4, -0.2) is 33.0 Å². The summed E-state index contributed by atoms with van der Waals surface area (Å²) in [5, 5.41) is 2.80. The molecule has 140 valence electrons. The van der Waals surface area contributed by atoms with Gasteiger partial charge in [-0.2, -0.15) is 4.72 Å². The second-order valence-corrected chi connectivity index (χ2v) is 9.08. The van der Waals surface area contributed by atoms with Crippen LogP contribution >= 0.6 is 0 Å². The van der Waals surface area contributed by atoms with Crippen molar-refractivity contribution in [2.24, 2.45) is 17.6 Å². The number of nitrogens with two attached hydrogens (primary N) is 1. The largest absolute Gasteiger partial charge is 0.353 e. The Kier molecular flexibility index (Phi) is 6.59. The second kappa shape index (κ2) is 8.29. The lowest BCUT2D eigenvalue weighted by Gasteiger charge is -2.21. The third kappa shape index (κ3) is 6.09. The van der Waals surface area contributed by atoms with Gasteiger partial charge in [-0.3, -0.25) is 4.79 Å². The molecule has 0 saturated heterocycles. The van der Waals surface area contributed by atoms with Crippen molar-refractivity contribution in [3.05, 3.63) is 29.8 Å². The first-order chi connectivity index (χ1) is 11.7. The van der Waals surface area contributed by atoms with Gasteiger partial charge in [0.15, 0.2) is 0 Å². The zero-order valence-corrected chi connectivity index (χ0v) is 16.0. The predicted octanol–water partition coefficient (Wildman–Crippen LogP) is 1.54. The summed E-state index contributed by atoms with van der Waals surface area (Å²) in [5.74, 6) is 0.335.